The summed E-state index contributed by atoms with van der Waals surface area (Å²) >= 11 is 5.80. The maximum absolute atomic E-state index is 11.8. The number of amides is 1. The number of halogens is 1. The summed E-state index contributed by atoms with van der Waals surface area (Å²) in [5.41, 5.74) is 5.89. The number of rotatable bonds is 8. The highest BCUT2D eigenvalue weighted by molar-refractivity contribution is 6.33. The maximum Gasteiger partial charge on any atom is 0.252 e. The number of aromatic nitrogens is 1. The summed E-state index contributed by atoms with van der Waals surface area (Å²) in [4.78, 5) is 15.6. The number of carbonyl (C=O) groups excluding carboxylic acids is 1. The number of hydrogen-bond donors (Lipinski definition) is 2. The van der Waals surface area contributed by atoms with Crippen molar-refractivity contribution in [3.63, 3.8) is 0 Å². The van der Waals surface area contributed by atoms with Crippen molar-refractivity contribution in [3.05, 3.63) is 22.8 Å². The van der Waals surface area contributed by atoms with Gasteiger partial charge >= 0.3 is 0 Å². The van der Waals surface area contributed by atoms with Crippen LogP contribution in [0.1, 0.15) is 36.5 Å². The van der Waals surface area contributed by atoms with Gasteiger partial charge in [-0.2, -0.15) is 0 Å². The minimum atomic E-state index is -0.206. The van der Waals surface area contributed by atoms with Crippen LogP contribution in [0.15, 0.2) is 12.3 Å². The maximum atomic E-state index is 11.8. The van der Waals surface area contributed by atoms with E-state index in [2.05, 4.69) is 17.2 Å². The highest BCUT2D eigenvalue weighted by Gasteiger charge is 2.07. The van der Waals surface area contributed by atoms with Crippen molar-refractivity contribution in [2.45, 2.75) is 26.2 Å². The Balaban J connectivity index is 2.22. The molecule has 0 aliphatic rings. The quantitative estimate of drug-likeness (QED) is 0.718. The molecule has 0 radical (unpaired) electrons. The van der Waals surface area contributed by atoms with Crippen LogP contribution in [-0.2, 0) is 4.74 Å². The van der Waals surface area contributed by atoms with E-state index in [4.69, 9.17) is 22.1 Å². The first-order valence-corrected chi connectivity index (χ1v) is 6.80. The largest absolute Gasteiger partial charge is 0.382 e. The van der Waals surface area contributed by atoms with Crippen LogP contribution < -0.4 is 11.1 Å². The molecule has 0 aliphatic carbocycles. The number of unbranched alkanes of at least 4 members (excludes halogenated alkanes) is 1. The third-order valence-corrected chi connectivity index (χ3v) is 2.83. The Morgan fingerprint density at radius 1 is 1.47 bits per heavy atom. The highest BCUT2D eigenvalue weighted by Crippen LogP contribution is 2.16. The SMILES string of the molecule is CCCCOCCCNC(=O)c1cnc(N)c(Cl)c1. The van der Waals surface area contributed by atoms with Gasteiger partial charge in [0.05, 0.1) is 10.6 Å². The number of carbonyl (C=O) groups is 1. The molecule has 1 aromatic rings. The van der Waals surface area contributed by atoms with Gasteiger partial charge in [-0.25, -0.2) is 4.98 Å². The molecule has 0 unspecified atom stereocenters. The molecule has 5 nitrogen and oxygen atoms in total. The number of hydrogen-bond acceptors (Lipinski definition) is 4. The lowest BCUT2D eigenvalue weighted by Gasteiger charge is -2.06. The van der Waals surface area contributed by atoms with Crippen LogP contribution in [-0.4, -0.2) is 30.6 Å². The van der Waals surface area contributed by atoms with Crippen molar-refractivity contribution in [2.75, 3.05) is 25.5 Å². The van der Waals surface area contributed by atoms with Crippen molar-refractivity contribution < 1.29 is 9.53 Å². The van der Waals surface area contributed by atoms with Gasteiger partial charge in [-0.3, -0.25) is 4.79 Å². The van der Waals surface area contributed by atoms with E-state index in [1.165, 1.54) is 12.3 Å². The van der Waals surface area contributed by atoms with Crippen molar-refractivity contribution in [1.29, 1.82) is 0 Å². The summed E-state index contributed by atoms with van der Waals surface area (Å²) in [7, 11) is 0. The minimum Gasteiger partial charge on any atom is -0.382 e. The van der Waals surface area contributed by atoms with Gasteiger partial charge in [0.25, 0.3) is 5.91 Å². The van der Waals surface area contributed by atoms with E-state index in [-0.39, 0.29) is 16.7 Å². The van der Waals surface area contributed by atoms with Gasteiger partial charge in [0, 0.05) is 26.0 Å². The fourth-order valence-electron chi connectivity index (χ4n) is 1.40. The number of anilines is 1. The van der Waals surface area contributed by atoms with E-state index in [1.807, 2.05) is 0 Å². The number of nitrogens with zero attached hydrogens (tertiary/aromatic N) is 1. The summed E-state index contributed by atoms with van der Waals surface area (Å²) in [6.45, 7) is 4.12. The number of pyridine rings is 1. The van der Waals surface area contributed by atoms with Gasteiger partial charge in [0.1, 0.15) is 5.82 Å². The van der Waals surface area contributed by atoms with Crippen molar-refractivity contribution in [3.8, 4) is 0 Å². The van der Waals surface area contributed by atoms with Crippen LogP contribution in [0, 0.1) is 0 Å². The average molecular weight is 286 g/mol. The smallest absolute Gasteiger partial charge is 0.252 e. The molecule has 3 N–H and O–H groups in total. The Morgan fingerprint density at radius 2 is 2.21 bits per heavy atom. The van der Waals surface area contributed by atoms with Crippen molar-refractivity contribution in [1.82, 2.24) is 10.3 Å². The number of nitrogens with one attached hydrogen (secondary N) is 1. The van der Waals surface area contributed by atoms with Crippen LogP contribution in [0.3, 0.4) is 0 Å². The number of nitrogen functional groups attached to an aromatic ring is 1. The normalized spacial score (nSPS) is 10.4. The molecule has 19 heavy (non-hydrogen) atoms. The molecule has 1 heterocycles. The van der Waals surface area contributed by atoms with Crippen LogP contribution in [0.5, 0.6) is 0 Å². The van der Waals surface area contributed by atoms with E-state index in [9.17, 15) is 4.79 Å². The fraction of sp³-hybridized carbons (Fsp3) is 0.538. The lowest BCUT2D eigenvalue weighted by Crippen LogP contribution is -2.25. The van der Waals surface area contributed by atoms with Crippen molar-refractivity contribution >= 4 is 23.3 Å². The van der Waals surface area contributed by atoms with Gasteiger partial charge in [-0.15, -0.1) is 0 Å². The lowest BCUT2D eigenvalue weighted by molar-refractivity contribution is 0.0940. The summed E-state index contributed by atoms with van der Waals surface area (Å²) < 4.78 is 5.40. The van der Waals surface area contributed by atoms with E-state index in [0.29, 0.717) is 18.7 Å². The molecule has 0 aromatic carbocycles. The second-order valence-electron chi connectivity index (χ2n) is 4.17. The second kappa shape index (κ2) is 8.72. The summed E-state index contributed by atoms with van der Waals surface area (Å²) in [6.07, 6.45) is 4.39. The topological polar surface area (TPSA) is 77.2 Å². The Hall–Kier alpha value is -1.33. The molecule has 1 aromatic heterocycles. The van der Waals surface area contributed by atoms with Gasteiger partial charge in [0.2, 0.25) is 0 Å². The second-order valence-corrected chi connectivity index (χ2v) is 4.57. The highest BCUT2D eigenvalue weighted by atomic mass is 35.5. The van der Waals surface area contributed by atoms with Gasteiger partial charge in [-0.05, 0) is 18.9 Å². The van der Waals surface area contributed by atoms with Crippen LogP contribution in [0.25, 0.3) is 0 Å². The Labute approximate surface area is 118 Å². The summed E-state index contributed by atoms with van der Waals surface area (Å²) in [5, 5.41) is 3.07. The lowest BCUT2D eigenvalue weighted by atomic mass is 10.2. The standard InChI is InChI=1S/C13H20ClN3O2/c1-2-3-6-19-7-4-5-16-13(18)10-8-11(14)12(15)17-9-10/h8-9H,2-7H2,1H3,(H2,15,17)(H,16,18). The molecule has 0 spiro atoms. The predicted octanol–water partition coefficient (Wildman–Crippen LogP) is 2.25. The molecule has 106 valence electrons. The molecule has 0 bridgehead atoms. The molecule has 1 rings (SSSR count). The third kappa shape index (κ3) is 5.89. The first kappa shape index (κ1) is 15.7. The number of ether oxygens (including phenoxy) is 1. The van der Waals surface area contributed by atoms with E-state index < -0.39 is 0 Å². The molecule has 0 atom stereocenters. The van der Waals surface area contributed by atoms with Gasteiger partial charge in [-0.1, -0.05) is 24.9 Å². The molecular formula is C13H20ClN3O2. The predicted molar refractivity (Wildman–Crippen MR) is 76.3 cm³/mol. The van der Waals surface area contributed by atoms with Crippen LogP contribution in [0.2, 0.25) is 5.02 Å². The van der Waals surface area contributed by atoms with Gasteiger partial charge in [0.15, 0.2) is 0 Å². The molecular weight excluding hydrogens is 266 g/mol. The molecule has 0 fully saturated rings. The fourth-order valence-corrected chi connectivity index (χ4v) is 1.57. The average Bonchev–Trinajstić information content (AvgIpc) is 2.40. The zero-order valence-electron chi connectivity index (χ0n) is 11.1. The zero-order valence-corrected chi connectivity index (χ0v) is 11.9. The molecule has 0 saturated heterocycles. The van der Waals surface area contributed by atoms with E-state index >= 15 is 0 Å². The third-order valence-electron chi connectivity index (χ3n) is 2.53. The summed E-state index contributed by atoms with van der Waals surface area (Å²) in [6, 6.07) is 1.51. The van der Waals surface area contributed by atoms with E-state index in [1.54, 1.807) is 0 Å². The molecule has 0 aliphatic heterocycles. The first-order chi connectivity index (χ1) is 9.15. The Morgan fingerprint density at radius 3 is 2.89 bits per heavy atom. The van der Waals surface area contributed by atoms with Crippen LogP contribution in [0.4, 0.5) is 5.82 Å². The van der Waals surface area contributed by atoms with Gasteiger partial charge < -0.3 is 15.8 Å². The molecule has 1 amide bonds. The Kier molecular flexibility index (Phi) is 7.22. The van der Waals surface area contributed by atoms with Crippen molar-refractivity contribution in [2.24, 2.45) is 0 Å². The monoisotopic (exact) mass is 285 g/mol. The molecule has 6 heteroatoms. The molecule has 0 saturated carbocycles. The summed E-state index contributed by atoms with van der Waals surface area (Å²) in [5.74, 6) is 0.0190. The minimum absolute atomic E-state index is 0.206. The van der Waals surface area contributed by atoms with Crippen LogP contribution >= 0.6 is 11.6 Å². The Bertz CT molecular complexity index is 413. The first-order valence-electron chi connectivity index (χ1n) is 6.42. The number of nitrogens with two attached hydrogens (primary N) is 1. The zero-order chi connectivity index (χ0) is 14.1. The van der Waals surface area contributed by atoms with E-state index in [0.717, 1.165) is 25.9 Å².